The van der Waals surface area contributed by atoms with Crippen LogP contribution in [0.3, 0.4) is 0 Å². The van der Waals surface area contributed by atoms with Crippen molar-refractivity contribution in [2.75, 3.05) is 13.7 Å². The summed E-state index contributed by atoms with van der Waals surface area (Å²) in [5.41, 5.74) is 1.95. The molecule has 0 radical (unpaired) electrons. The van der Waals surface area contributed by atoms with Crippen LogP contribution in [0.1, 0.15) is 63.4 Å². The van der Waals surface area contributed by atoms with Gasteiger partial charge in [0, 0.05) is 6.04 Å². The standard InChI is InChI=1S/C19H29NO/c1-3-19(11-6-7-12-19)18(20-2)14-15-10-13-21-17-9-5-4-8-16(15)17/h4-5,8-9,15,18,20H,3,6-7,10-14H2,1-2H3. The zero-order chi connectivity index (χ0) is 14.7. The van der Waals surface area contributed by atoms with E-state index in [1.165, 1.54) is 44.1 Å². The summed E-state index contributed by atoms with van der Waals surface area (Å²) >= 11 is 0. The maximum absolute atomic E-state index is 5.83. The van der Waals surface area contributed by atoms with Crippen molar-refractivity contribution in [3.05, 3.63) is 29.8 Å². The third-order valence-corrected chi connectivity index (χ3v) is 5.99. The van der Waals surface area contributed by atoms with Crippen LogP contribution < -0.4 is 10.1 Å². The Morgan fingerprint density at radius 3 is 2.76 bits per heavy atom. The van der Waals surface area contributed by atoms with Gasteiger partial charge in [-0.2, -0.15) is 0 Å². The van der Waals surface area contributed by atoms with E-state index in [0.717, 1.165) is 18.8 Å². The molecule has 1 aliphatic heterocycles. The summed E-state index contributed by atoms with van der Waals surface area (Å²) in [4.78, 5) is 0. The van der Waals surface area contributed by atoms with Gasteiger partial charge in [0.25, 0.3) is 0 Å². The lowest BCUT2D eigenvalue weighted by molar-refractivity contribution is 0.164. The Kier molecular flexibility index (Phi) is 4.54. The molecule has 0 aromatic heterocycles. The van der Waals surface area contributed by atoms with Gasteiger partial charge in [0.2, 0.25) is 0 Å². The lowest BCUT2D eigenvalue weighted by Crippen LogP contribution is -2.43. The van der Waals surface area contributed by atoms with Crippen LogP contribution in [-0.4, -0.2) is 19.7 Å². The van der Waals surface area contributed by atoms with Crippen LogP contribution in [0.2, 0.25) is 0 Å². The van der Waals surface area contributed by atoms with Crippen molar-refractivity contribution in [3.8, 4) is 5.75 Å². The van der Waals surface area contributed by atoms with Crippen LogP contribution in [0.15, 0.2) is 24.3 Å². The topological polar surface area (TPSA) is 21.3 Å². The van der Waals surface area contributed by atoms with Crippen molar-refractivity contribution in [3.63, 3.8) is 0 Å². The molecule has 21 heavy (non-hydrogen) atoms. The number of nitrogens with one attached hydrogen (secondary N) is 1. The minimum Gasteiger partial charge on any atom is -0.493 e. The van der Waals surface area contributed by atoms with Crippen molar-refractivity contribution >= 4 is 0 Å². The van der Waals surface area contributed by atoms with Gasteiger partial charge in [-0.25, -0.2) is 0 Å². The average molecular weight is 287 g/mol. The van der Waals surface area contributed by atoms with Gasteiger partial charge in [-0.3, -0.25) is 0 Å². The highest BCUT2D eigenvalue weighted by atomic mass is 16.5. The van der Waals surface area contributed by atoms with Gasteiger partial charge in [-0.05, 0) is 62.1 Å². The van der Waals surface area contributed by atoms with Crippen LogP contribution in [0.4, 0.5) is 0 Å². The maximum atomic E-state index is 5.83. The summed E-state index contributed by atoms with van der Waals surface area (Å²) in [5.74, 6) is 1.76. The van der Waals surface area contributed by atoms with Gasteiger partial charge in [0.05, 0.1) is 6.61 Å². The maximum Gasteiger partial charge on any atom is 0.122 e. The number of ether oxygens (including phenoxy) is 1. The van der Waals surface area contributed by atoms with Crippen LogP contribution in [-0.2, 0) is 0 Å². The van der Waals surface area contributed by atoms with Gasteiger partial charge < -0.3 is 10.1 Å². The first-order chi connectivity index (χ1) is 10.3. The minimum absolute atomic E-state index is 0.530. The molecule has 0 saturated heterocycles. The van der Waals surface area contributed by atoms with Crippen molar-refractivity contribution in [2.24, 2.45) is 5.41 Å². The van der Waals surface area contributed by atoms with Gasteiger partial charge in [0.15, 0.2) is 0 Å². The summed E-state index contributed by atoms with van der Waals surface area (Å²) in [6.45, 7) is 3.25. The molecule has 1 aromatic carbocycles. The molecule has 0 spiro atoms. The highest BCUT2D eigenvalue weighted by Crippen LogP contribution is 2.47. The second kappa shape index (κ2) is 6.39. The van der Waals surface area contributed by atoms with Crippen molar-refractivity contribution < 1.29 is 4.74 Å². The molecule has 1 aromatic rings. The van der Waals surface area contributed by atoms with Gasteiger partial charge in [-0.1, -0.05) is 38.0 Å². The predicted molar refractivity (Wildman–Crippen MR) is 88.0 cm³/mol. The number of benzene rings is 1. The van der Waals surface area contributed by atoms with E-state index in [1.54, 1.807) is 0 Å². The Bertz CT molecular complexity index is 464. The summed E-state index contributed by atoms with van der Waals surface area (Å²) < 4.78 is 5.83. The fourth-order valence-corrected chi connectivity index (χ4v) is 4.65. The number of para-hydroxylation sites is 1. The normalized spacial score (nSPS) is 25.1. The molecule has 2 aliphatic rings. The van der Waals surface area contributed by atoms with Crippen LogP contribution >= 0.6 is 0 Å². The van der Waals surface area contributed by atoms with E-state index >= 15 is 0 Å². The van der Waals surface area contributed by atoms with Crippen molar-refractivity contribution in [1.29, 1.82) is 0 Å². The molecule has 2 atom stereocenters. The van der Waals surface area contributed by atoms with Crippen LogP contribution in [0.25, 0.3) is 0 Å². The first-order valence-electron chi connectivity index (χ1n) is 8.68. The Morgan fingerprint density at radius 1 is 1.29 bits per heavy atom. The summed E-state index contributed by atoms with van der Waals surface area (Å²) in [6, 6.07) is 9.27. The quantitative estimate of drug-likeness (QED) is 0.861. The largest absolute Gasteiger partial charge is 0.493 e. The third-order valence-electron chi connectivity index (χ3n) is 5.99. The number of hydrogen-bond donors (Lipinski definition) is 1. The first-order valence-corrected chi connectivity index (χ1v) is 8.68. The zero-order valence-corrected chi connectivity index (χ0v) is 13.5. The molecule has 1 fully saturated rings. The lowest BCUT2D eigenvalue weighted by atomic mass is 9.71. The summed E-state index contributed by atoms with van der Waals surface area (Å²) in [5, 5.41) is 3.67. The van der Waals surface area contributed by atoms with E-state index in [2.05, 4.69) is 43.6 Å². The predicted octanol–water partition coefficient (Wildman–Crippen LogP) is 4.50. The summed E-state index contributed by atoms with van der Waals surface area (Å²) in [7, 11) is 2.16. The number of fused-ring (bicyclic) bond motifs is 1. The van der Waals surface area contributed by atoms with Crippen LogP contribution in [0.5, 0.6) is 5.75 Å². The van der Waals surface area contributed by atoms with Crippen molar-refractivity contribution in [1.82, 2.24) is 5.32 Å². The fraction of sp³-hybridized carbons (Fsp3) is 0.684. The van der Waals surface area contributed by atoms with Gasteiger partial charge in [0.1, 0.15) is 5.75 Å². The monoisotopic (exact) mass is 287 g/mol. The average Bonchev–Trinajstić information content (AvgIpc) is 3.02. The highest BCUT2D eigenvalue weighted by Gasteiger charge is 2.40. The van der Waals surface area contributed by atoms with Crippen LogP contribution in [0, 0.1) is 5.41 Å². The fourth-order valence-electron chi connectivity index (χ4n) is 4.65. The molecule has 116 valence electrons. The van der Waals surface area contributed by atoms with Gasteiger partial charge >= 0.3 is 0 Å². The molecular formula is C19H29NO. The van der Waals surface area contributed by atoms with Gasteiger partial charge in [-0.15, -0.1) is 0 Å². The van der Waals surface area contributed by atoms with E-state index in [1.807, 2.05) is 0 Å². The third kappa shape index (κ3) is 2.83. The van der Waals surface area contributed by atoms with E-state index in [4.69, 9.17) is 4.74 Å². The molecule has 1 N–H and O–H groups in total. The molecule has 2 unspecified atom stereocenters. The SMILES string of the molecule is CCC1(C(CC2CCOc3ccccc32)NC)CCCC1. The Hall–Kier alpha value is -1.02. The molecule has 2 nitrogen and oxygen atoms in total. The number of hydrogen-bond acceptors (Lipinski definition) is 2. The second-order valence-electron chi connectivity index (χ2n) is 6.87. The Balaban J connectivity index is 1.79. The molecule has 2 heteroatoms. The minimum atomic E-state index is 0.530. The molecule has 3 rings (SSSR count). The molecule has 1 heterocycles. The van der Waals surface area contributed by atoms with E-state index < -0.39 is 0 Å². The first kappa shape index (κ1) is 14.9. The summed E-state index contributed by atoms with van der Waals surface area (Å²) in [6.07, 6.45) is 9.36. The van der Waals surface area contributed by atoms with E-state index in [9.17, 15) is 0 Å². The van der Waals surface area contributed by atoms with Crippen molar-refractivity contribution in [2.45, 2.75) is 63.8 Å². The molecule has 1 saturated carbocycles. The highest BCUT2D eigenvalue weighted by molar-refractivity contribution is 5.37. The zero-order valence-electron chi connectivity index (χ0n) is 13.5. The number of rotatable bonds is 5. The smallest absolute Gasteiger partial charge is 0.122 e. The molecule has 0 bridgehead atoms. The molecule has 1 aliphatic carbocycles. The lowest BCUT2D eigenvalue weighted by Gasteiger charge is -2.40. The Morgan fingerprint density at radius 2 is 2.05 bits per heavy atom. The second-order valence-corrected chi connectivity index (χ2v) is 6.87. The molecule has 0 amide bonds. The van der Waals surface area contributed by atoms with E-state index in [-0.39, 0.29) is 0 Å². The molecular weight excluding hydrogens is 258 g/mol. The van der Waals surface area contributed by atoms with E-state index in [0.29, 0.717) is 17.4 Å². The Labute approximate surface area is 129 Å².